The van der Waals surface area contributed by atoms with E-state index in [1.165, 1.54) is 0 Å². The second kappa shape index (κ2) is 8.62. The van der Waals surface area contributed by atoms with Gasteiger partial charge < -0.3 is 14.7 Å². The van der Waals surface area contributed by atoms with E-state index < -0.39 is 0 Å². The standard InChI is InChI=1S/C23H22N6O3/c30-20(14-24-22(31)15-4-2-1-3-5-15)29-10-8-16(9-11-29)23-26-21(28-32-23)17-6-7-18-13-25-27-19(18)12-17/h1-7,12-13,16H,8-11,14H2,(H,24,31)(H,25,27). The van der Waals surface area contributed by atoms with Crippen molar-refractivity contribution < 1.29 is 14.1 Å². The first-order valence-electron chi connectivity index (χ1n) is 10.6. The summed E-state index contributed by atoms with van der Waals surface area (Å²) in [5.74, 6) is 0.898. The van der Waals surface area contributed by atoms with E-state index in [4.69, 9.17) is 4.52 Å². The molecule has 9 heteroatoms. The van der Waals surface area contributed by atoms with Crippen LogP contribution >= 0.6 is 0 Å². The van der Waals surface area contributed by atoms with E-state index in [0.717, 1.165) is 29.3 Å². The van der Waals surface area contributed by atoms with Gasteiger partial charge in [-0.25, -0.2) is 0 Å². The molecule has 9 nitrogen and oxygen atoms in total. The summed E-state index contributed by atoms with van der Waals surface area (Å²) in [6.07, 6.45) is 3.24. The number of hydrogen-bond acceptors (Lipinski definition) is 6. The van der Waals surface area contributed by atoms with Gasteiger partial charge >= 0.3 is 0 Å². The Morgan fingerprint density at radius 3 is 2.75 bits per heavy atom. The first-order valence-corrected chi connectivity index (χ1v) is 10.6. The summed E-state index contributed by atoms with van der Waals surface area (Å²) in [5.41, 5.74) is 2.32. The number of nitrogens with one attached hydrogen (secondary N) is 2. The molecule has 5 rings (SSSR count). The van der Waals surface area contributed by atoms with Crippen LogP contribution in [0.1, 0.15) is 35.0 Å². The molecule has 1 fully saturated rings. The Morgan fingerprint density at radius 2 is 1.94 bits per heavy atom. The van der Waals surface area contributed by atoms with Crippen LogP contribution in [0.4, 0.5) is 0 Å². The number of piperidine rings is 1. The fourth-order valence-corrected chi connectivity index (χ4v) is 3.93. The van der Waals surface area contributed by atoms with E-state index in [2.05, 4.69) is 25.7 Å². The number of benzene rings is 2. The van der Waals surface area contributed by atoms with Crippen LogP contribution in [0, 0.1) is 0 Å². The number of hydrogen-bond donors (Lipinski definition) is 2. The molecular formula is C23H22N6O3. The van der Waals surface area contributed by atoms with Gasteiger partial charge in [-0.15, -0.1) is 0 Å². The van der Waals surface area contributed by atoms with Gasteiger partial charge in [0.15, 0.2) is 0 Å². The van der Waals surface area contributed by atoms with Crippen LogP contribution in [0.15, 0.2) is 59.3 Å². The smallest absolute Gasteiger partial charge is 0.251 e. The molecule has 0 spiro atoms. The number of nitrogens with zero attached hydrogens (tertiary/aromatic N) is 4. The van der Waals surface area contributed by atoms with Crippen LogP contribution in [-0.4, -0.2) is 56.7 Å². The average Bonchev–Trinajstić information content (AvgIpc) is 3.52. The summed E-state index contributed by atoms with van der Waals surface area (Å²) in [4.78, 5) is 31.0. The van der Waals surface area contributed by atoms with Gasteiger partial charge in [0, 0.05) is 35.5 Å². The van der Waals surface area contributed by atoms with Crippen LogP contribution < -0.4 is 5.32 Å². The molecule has 162 valence electrons. The number of aromatic amines is 1. The van der Waals surface area contributed by atoms with E-state index in [1.54, 1.807) is 35.4 Å². The van der Waals surface area contributed by atoms with E-state index in [9.17, 15) is 9.59 Å². The van der Waals surface area contributed by atoms with Crippen LogP contribution in [-0.2, 0) is 4.79 Å². The molecule has 2 aromatic carbocycles. The van der Waals surface area contributed by atoms with Crippen molar-refractivity contribution in [3.63, 3.8) is 0 Å². The minimum atomic E-state index is -0.249. The Kier molecular flexibility index (Phi) is 5.37. The Bertz CT molecular complexity index is 1240. The molecule has 0 atom stereocenters. The van der Waals surface area contributed by atoms with E-state index in [0.29, 0.717) is 30.4 Å². The van der Waals surface area contributed by atoms with Crippen molar-refractivity contribution in [1.29, 1.82) is 0 Å². The van der Waals surface area contributed by atoms with E-state index in [-0.39, 0.29) is 24.3 Å². The van der Waals surface area contributed by atoms with Gasteiger partial charge in [-0.1, -0.05) is 35.5 Å². The van der Waals surface area contributed by atoms with Crippen molar-refractivity contribution in [2.45, 2.75) is 18.8 Å². The molecule has 2 amide bonds. The molecule has 0 aliphatic carbocycles. The number of amides is 2. The minimum absolute atomic E-state index is 0.0147. The van der Waals surface area contributed by atoms with Crippen LogP contribution in [0.3, 0.4) is 0 Å². The predicted octanol–water partition coefficient (Wildman–Crippen LogP) is 2.75. The lowest BCUT2D eigenvalue weighted by Crippen LogP contribution is -2.43. The lowest BCUT2D eigenvalue weighted by molar-refractivity contribution is -0.131. The third kappa shape index (κ3) is 4.09. The molecule has 4 aromatic rings. The molecule has 1 saturated heterocycles. The largest absolute Gasteiger partial charge is 0.343 e. The summed E-state index contributed by atoms with van der Waals surface area (Å²) < 4.78 is 5.53. The zero-order valence-corrected chi connectivity index (χ0v) is 17.3. The van der Waals surface area contributed by atoms with Gasteiger partial charge in [0.25, 0.3) is 5.91 Å². The van der Waals surface area contributed by atoms with Gasteiger partial charge in [0.05, 0.1) is 18.3 Å². The third-order valence-corrected chi connectivity index (χ3v) is 5.77. The van der Waals surface area contributed by atoms with Crippen LogP contribution in [0.5, 0.6) is 0 Å². The highest BCUT2D eigenvalue weighted by Crippen LogP contribution is 2.29. The molecule has 0 bridgehead atoms. The fraction of sp³-hybridized carbons (Fsp3) is 0.261. The first-order chi connectivity index (χ1) is 15.7. The number of aromatic nitrogens is 4. The lowest BCUT2D eigenvalue weighted by atomic mass is 9.96. The number of carbonyl (C=O) groups is 2. The Labute approximate surface area is 183 Å². The highest BCUT2D eigenvalue weighted by Gasteiger charge is 2.27. The number of H-pyrrole nitrogens is 1. The zero-order chi connectivity index (χ0) is 21.9. The molecule has 0 saturated carbocycles. The summed E-state index contributed by atoms with van der Waals surface area (Å²) in [6, 6.07) is 14.7. The fourth-order valence-electron chi connectivity index (χ4n) is 3.93. The summed E-state index contributed by atoms with van der Waals surface area (Å²) in [5, 5.41) is 14.8. The van der Waals surface area contributed by atoms with Gasteiger partial charge in [-0.2, -0.15) is 10.1 Å². The summed E-state index contributed by atoms with van der Waals surface area (Å²) in [6.45, 7) is 1.16. The van der Waals surface area contributed by atoms with Crippen molar-refractivity contribution >= 4 is 22.7 Å². The number of fused-ring (bicyclic) bond motifs is 1. The van der Waals surface area contributed by atoms with Gasteiger partial charge in [0.1, 0.15) is 0 Å². The average molecular weight is 430 g/mol. The van der Waals surface area contributed by atoms with Crippen LogP contribution in [0.2, 0.25) is 0 Å². The summed E-state index contributed by atoms with van der Waals surface area (Å²) in [7, 11) is 0. The van der Waals surface area contributed by atoms with Gasteiger partial charge in [0.2, 0.25) is 17.6 Å². The molecular weight excluding hydrogens is 408 g/mol. The maximum atomic E-state index is 12.5. The molecule has 0 unspecified atom stereocenters. The number of carbonyl (C=O) groups excluding carboxylic acids is 2. The second-order valence-electron chi connectivity index (χ2n) is 7.83. The lowest BCUT2D eigenvalue weighted by Gasteiger charge is -2.30. The van der Waals surface area contributed by atoms with Crippen molar-refractivity contribution in [1.82, 2.24) is 30.6 Å². The maximum Gasteiger partial charge on any atom is 0.251 e. The molecule has 1 aliphatic rings. The topological polar surface area (TPSA) is 117 Å². The molecule has 1 aliphatic heterocycles. The SMILES string of the molecule is O=C(NCC(=O)N1CCC(c2nc(-c3ccc4cn[nH]c4c3)no2)CC1)c1ccccc1. The van der Waals surface area contributed by atoms with Crippen molar-refractivity contribution in [3.8, 4) is 11.4 Å². The van der Waals surface area contributed by atoms with Gasteiger partial charge in [-0.3, -0.25) is 14.7 Å². The van der Waals surface area contributed by atoms with E-state index in [1.807, 2.05) is 24.3 Å². The quantitative estimate of drug-likeness (QED) is 0.503. The second-order valence-corrected chi connectivity index (χ2v) is 7.83. The van der Waals surface area contributed by atoms with Crippen molar-refractivity contribution in [2.75, 3.05) is 19.6 Å². The first kappa shape index (κ1) is 19.9. The zero-order valence-electron chi connectivity index (χ0n) is 17.3. The number of likely N-dealkylation sites (tertiary alicyclic amines) is 1. The van der Waals surface area contributed by atoms with Crippen molar-refractivity contribution in [3.05, 3.63) is 66.2 Å². The van der Waals surface area contributed by atoms with Crippen LogP contribution in [0.25, 0.3) is 22.3 Å². The normalized spacial score (nSPS) is 14.6. The van der Waals surface area contributed by atoms with Crippen molar-refractivity contribution in [2.24, 2.45) is 0 Å². The number of rotatable bonds is 5. The summed E-state index contributed by atoms with van der Waals surface area (Å²) >= 11 is 0. The maximum absolute atomic E-state index is 12.5. The molecule has 2 N–H and O–H groups in total. The molecule has 32 heavy (non-hydrogen) atoms. The molecule has 2 aromatic heterocycles. The van der Waals surface area contributed by atoms with Gasteiger partial charge in [-0.05, 0) is 31.0 Å². The monoisotopic (exact) mass is 430 g/mol. The van der Waals surface area contributed by atoms with E-state index >= 15 is 0 Å². The predicted molar refractivity (Wildman–Crippen MR) is 117 cm³/mol. The molecule has 3 heterocycles. The molecule has 0 radical (unpaired) electrons. The Morgan fingerprint density at radius 1 is 1.12 bits per heavy atom. The highest BCUT2D eigenvalue weighted by molar-refractivity contribution is 5.96. The minimum Gasteiger partial charge on any atom is -0.343 e. The Hall–Kier alpha value is -4.01. The Balaban J connectivity index is 1.15. The third-order valence-electron chi connectivity index (χ3n) is 5.77. The highest BCUT2D eigenvalue weighted by atomic mass is 16.5.